The van der Waals surface area contributed by atoms with Crippen molar-refractivity contribution < 1.29 is 47.6 Å². The van der Waals surface area contributed by atoms with E-state index in [1.54, 1.807) is 6.92 Å². The maximum Gasteiger partial charge on any atom is 0.371 e. The molecular formula is C23H24NO11P. The minimum Gasteiger partial charge on any atom is -0.508 e. The summed E-state index contributed by atoms with van der Waals surface area (Å²) in [5, 5.41) is 29.4. The highest BCUT2D eigenvalue weighted by atomic mass is 31.2. The van der Waals surface area contributed by atoms with E-state index in [4.69, 9.17) is 22.9 Å². The Kier molecular flexibility index (Phi) is 7.62. The van der Waals surface area contributed by atoms with Crippen LogP contribution in [-0.2, 0) is 18.3 Å². The van der Waals surface area contributed by atoms with E-state index in [9.17, 15) is 29.5 Å². The minimum atomic E-state index is -3.93. The molecule has 2 heterocycles. The standard InChI is InChI=1S/C23H24NO11P/c1-2-31-12-34-36(30,33-11-24-5-6-24)13-32-23-21(29)20-15(10-25)7-16(26)9-19(20)35-22(23)14-3-4-17(27)18(28)8-14/h3-4,7-10,26-28H,2,5-6,11-13H2,1H3. The number of ether oxygens (including phenoxy) is 2. The van der Waals surface area contributed by atoms with Gasteiger partial charge >= 0.3 is 7.60 Å². The number of aldehydes is 1. The third-order valence-corrected chi connectivity index (χ3v) is 6.67. The summed E-state index contributed by atoms with van der Waals surface area (Å²) in [4.78, 5) is 26.9. The topological polar surface area (TPSA) is 165 Å². The monoisotopic (exact) mass is 521 g/mol. The Balaban J connectivity index is 1.79. The summed E-state index contributed by atoms with van der Waals surface area (Å²) in [5.74, 6) is -1.90. The minimum absolute atomic E-state index is 0.0202. The molecule has 0 radical (unpaired) electrons. The number of aromatic hydroxyl groups is 3. The molecule has 0 amide bonds. The zero-order chi connectivity index (χ0) is 25.9. The Morgan fingerprint density at radius 3 is 2.56 bits per heavy atom. The third-order valence-electron chi connectivity index (χ3n) is 5.21. The van der Waals surface area contributed by atoms with E-state index in [-0.39, 0.29) is 47.1 Å². The third kappa shape index (κ3) is 5.69. The smallest absolute Gasteiger partial charge is 0.371 e. The van der Waals surface area contributed by atoms with Crippen molar-refractivity contribution in [1.29, 1.82) is 0 Å². The van der Waals surface area contributed by atoms with Crippen molar-refractivity contribution in [3.05, 3.63) is 46.1 Å². The summed E-state index contributed by atoms with van der Waals surface area (Å²) >= 11 is 0. The van der Waals surface area contributed by atoms with Crippen molar-refractivity contribution in [2.24, 2.45) is 0 Å². The number of carbonyl (C=O) groups is 1. The first-order chi connectivity index (χ1) is 17.2. The Labute approximate surface area is 204 Å². The maximum absolute atomic E-state index is 13.5. The van der Waals surface area contributed by atoms with Crippen molar-refractivity contribution in [3.63, 3.8) is 0 Å². The van der Waals surface area contributed by atoms with Gasteiger partial charge in [0.1, 0.15) is 18.1 Å². The van der Waals surface area contributed by atoms with Crippen LogP contribution >= 0.6 is 7.60 Å². The lowest BCUT2D eigenvalue weighted by atomic mass is 10.1. The highest BCUT2D eigenvalue weighted by molar-refractivity contribution is 7.53. The van der Waals surface area contributed by atoms with Gasteiger partial charge in [-0.1, -0.05) is 0 Å². The molecule has 3 aromatic rings. The predicted molar refractivity (Wildman–Crippen MR) is 127 cm³/mol. The Bertz CT molecular complexity index is 1380. The Morgan fingerprint density at radius 2 is 1.89 bits per heavy atom. The maximum atomic E-state index is 13.5. The molecule has 192 valence electrons. The second-order valence-corrected chi connectivity index (χ2v) is 9.82. The number of phenols is 3. The number of rotatable bonds is 12. The van der Waals surface area contributed by atoms with Gasteiger partial charge in [-0.3, -0.25) is 28.1 Å². The normalized spacial score (nSPS) is 15.0. The van der Waals surface area contributed by atoms with Gasteiger partial charge < -0.3 is 29.2 Å². The highest BCUT2D eigenvalue weighted by Crippen LogP contribution is 2.49. The molecule has 1 atom stereocenters. The molecular weight excluding hydrogens is 497 g/mol. The van der Waals surface area contributed by atoms with E-state index >= 15 is 0 Å². The number of hydrogen-bond acceptors (Lipinski definition) is 12. The van der Waals surface area contributed by atoms with Gasteiger partial charge in [0.2, 0.25) is 11.2 Å². The molecule has 1 aliphatic rings. The van der Waals surface area contributed by atoms with Crippen molar-refractivity contribution in [1.82, 2.24) is 4.90 Å². The fourth-order valence-electron chi connectivity index (χ4n) is 3.22. The summed E-state index contributed by atoms with van der Waals surface area (Å²) in [5.41, 5.74) is -0.976. The van der Waals surface area contributed by atoms with Crippen LogP contribution in [0.2, 0.25) is 0 Å². The molecule has 2 aromatic carbocycles. The number of fused-ring (bicyclic) bond motifs is 1. The lowest BCUT2D eigenvalue weighted by molar-refractivity contribution is 0.00565. The molecule has 3 N–H and O–H groups in total. The van der Waals surface area contributed by atoms with Gasteiger partial charge in [0.25, 0.3) is 0 Å². The SMILES string of the molecule is CCOCOP(=O)(COc1c(-c2ccc(O)c(O)c2)oc2cc(O)cc(C=O)c2c1=O)OCN1CC1. The molecule has 13 heteroatoms. The Hall–Kier alpha value is -3.41. The van der Waals surface area contributed by atoms with Crippen molar-refractivity contribution in [2.45, 2.75) is 6.92 Å². The van der Waals surface area contributed by atoms with Crippen LogP contribution in [0.15, 0.2) is 39.5 Å². The zero-order valence-electron chi connectivity index (χ0n) is 19.2. The van der Waals surface area contributed by atoms with Crippen LogP contribution in [0.25, 0.3) is 22.3 Å². The number of phenolic OH excluding ortho intramolecular Hbond substituents is 3. The van der Waals surface area contributed by atoms with Crippen LogP contribution in [0.4, 0.5) is 0 Å². The first kappa shape index (κ1) is 25.7. The molecule has 1 unspecified atom stereocenters. The summed E-state index contributed by atoms with van der Waals surface area (Å²) in [6, 6.07) is 5.86. The van der Waals surface area contributed by atoms with Crippen LogP contribution < -0.4 is 10.2 Å². The summed E-state index contributed by atoms with van der Waals surface area (Å²) < 4.78 is 40.6. The predicted octanol–water partition coefficient (Wildman–Crippen LogP) is 3.22. The largest absolute Gasteiger partial charge is 0.508 e. The molecule has 0 bridgehead atoms. The second kappa shape index (κ2) is 10.7. The summed E-state index contributed by atoms with van der Waals surface area (Å²) in [6.07, 6.45) is -0.326. The molecule has 0 saturated carbocycles. The van der Waals surface area contributed by atoms with Crippen LogP contribution in [0, 0.1) is 0 Å². The van der Waals surface area contributed by atoms with Gasteiger partial charge in [-0.2, -0.15) is 0 Å². The van der Waals surface area contributed by atoms with Gasteiger partial charge in [-0.15, -0.1) is 0 Å². The summed E-state index contributed by atoms with van der Waals surface area (Å²) in [7, 11) is -3.93. The Morgan fingerprint density at radius 1 is 1.11 bits per heavy atom. The highest BCUT2D eigenvalue weighted by Gasteiger charge is 2.31. The molecule has 1 aliphatic heterocycles. The molecule has 0 aliphatic carbocycles. The van der Waals surface area contributed by atoms with Crippen molar-refractivity contribution in [2.75, 3.05) is 39.6 Å². The molecule has 36 heavy (non-hydrogen) atoms. The van der Waals surface area contributed by atoms with Gasteiger partial charge in [-0.05, 0) is 31.2 Å². The lowest BCUT2D eigenvalue weighted by Crippen LogP contribution is -2.16. The van der Waals surface area contributed by atoms with E-state index in [0.717, 1.165) is 31.3 Å². The average molecular weight is 521 g/mol. The van der Waals surface area contributed by atoms with Crippen LogP contribution in [0.1, 0.15) is 17.3 Å². The molecule has 1 saturated heterocycles. The van der Waals surface area contributed by atoms with E-state index < -0.39 is 36.6 Å². The quantitative estimate of drug-likeness (QED) is 0.0797. The van der Waals surface area contributed by atoms with Crippen LogP contribution in [0.5, 0.6) is 23.0 Å². The van der Waals surface area contributed by atoms with E-state index in [1.165, 1.54) is 12.1 Å². The van der Waals surface area contributed by atoms with E-state index in [1.807, 2.05) is 4.90 Å². The fraction of sp³-hybridized carbons (Fsp3) is 0.304. The van der Waals surface area contributed by atoms with Crippen molar-refractivity contribution in [3.8, 4) is 34.3 Å². The van der Waals surface area contributed by atoms with Gasteiger partial charge in [0.15, 0.2) is 36.7 Å². The summed E-state index contributed by atoms with van der Waals surface area (Å²) in [6.45, 7) is 3.26. The van der Waals surface area contributed by atoms with Crippen LogP contribution in [-0.4, -0.2) is 66.1 Å². The van der Waals surface area contributed by atoms with Gasteiger partial charge in [-0.25, -0.2) is 0 Å². The van der Waals surface area contributed by atoms with Crippen LogP contribution in [0.3, 0.4) is 0 Å². The first-order valence-corrected chi connectivity index (χ1v) is 12.6. The molecule has 1 fully saturated rings. The molecule has 12 nitrogen and oxygen atoms in total. The zero-order valence-corrected chi connectivity index (χ0v) is 20.1. The number of carbonyl (C=O) groups excluding carboxylic acids is 1. The number of hydrogen-bond donors (Lipinski definition) is 3. The van der Waals surface area contributed by atoms with Crippen molar-refractivity contribution >= 4 is 24.9 Å². The average Bonchev–Trinajstić information content (AvgIpc) is 3.68. The van der Waals surface area contributed by atoms with E-state index in [2.05, 4.69) is 0 Å². The lowest BCUT2D eigenvalue weighted by Gasteiger charge is -2.20. The van der Waals surface area contributed by atoms with Gasteiger partial charge in [0, 0.05) is 36.9 Å². The number of nitrogens with zero attached hydrogens (tertiary/aromatic N) is 1. The molecule has 4 rings (SSSR count). The molecule has 0 spiro atoms. The fourth-order valence-corrected chi connectivity index (χ4v) is 4.31. The second-order valence-electron chi connectivity index (χ2n) is 7.82. The van der Waals surface area contributed by atoms with Gasteiger partial charge in [0.05, 0.1) is 5.39 Å². The van der Waals surface area contributed by atoms with E-state index in [0.29, 0.717) is 12.9 Å². The number of benzene rings is 2. The molecule has 1 aromatic heterocycles. The first-order valence-electron chi connectivity index (χ1n) is 10.9.